The number of nitrogens with zero attached hydrogens (tertiary/aromatic N) is 1. The zero-order chi connectivity index (χ0) is 10.6. The smallest absolute Gasteiger partial charge is 0.115 e. The second kappa shape index (κ2) is 2.76. The third kappa shape index (κ3) is 1.21. The largest absolute Gasteiger partial charge is 0.508 e. The molecule has 2 atom stereocenters. The second-order valence-electron chi connectivity index (χ2n) is 5.38. The summed E-state index contributed by atoms with van der Waals surface area (Å²) in [6.45, 7) is 3.44. The predicted octanol–water partition coefficient (Wildman–Crippen LogP) is 1.91. The molecule has 1 heterocycles. The van der Waals surface area contributed by atoms with Gasteiger partial charge in [-0.25, -0.2) is 0 Å². The molecule has 2 heteroatoms. The van der Waals surface area contributed by atoms with E-state index in [2.05, 4.69) is 24.9 Å². The molecule has 80 valence electrons. The lowest BCUT2D eigenvalue weighted by atomic mass is 9.73. The maximum atomic E-state index is 9.58. The van der Waals surface area contributed by atoms with E-state index in [0.29, 0.717) is 11.8 Å². The molecule has 15 heavy (non-hydrogen) atoms. The van der Waals surface area contributed by atoms with Gasteiger partial charge in [0.05, 0.1) is 0 Å². The number of fused-ring (bicyclic) bond motifs is 4. The highest BCUT2D eigenvalue weighted by Gasteiger charge is 2.44. The second-order valence-corrected chi connectivity index (χ2v) is 5.38. The van der Waals surface area contributed by atoms with Crippen LogP contribution in [0.2, 0.25) is 0 Å². The summed E-state index contributed by atoms with van der Waals surface area (Å²) in [5, 5.41) is 9.58. The van der Waals surface area contributed by atoms with Gasteiger partial charge in [0.2, 0.25) is 0 Å². The molecule has 1 saturated heterocycles. The van der Waals surface area contributed by atoms with Crippen molar-refractivity contribution < 1.29 is 5.11 Å². The Labute approximate surface area is 90.5 Å². The van der Waals surface area contributed by atoms with Gasteiger partial charge in [0, 0.05) is 18.0 Å². The Morgan fingerprint density at radius 2 is 2.27 bits per heavy atom. The molecule has 1 aliphatic carbocycles. The molecule has 0 saturated carbocycles. The molecule has 0 aromatic heterocycles. The zero-order valence-electron chi connectivity index (χ0n) is 9.33. The van der Waals surface area contributed by atoms with Crippen molar-refractivity contribution in [2.75, 3.05) is 13.6 Å². The molecular weight excluding hydrogens is 186 g/mol. The van der Waals surface area contributed by atoms with Crippen LogP contribution in [0.5, 0.6) is 5.75 Å². The van der Waals surface area contributed by atoms with E-state index in [4.69, 9.17) is 0 Å². The summed E-state index contributed by atoms with van der Waals surface area (Å²) >= 11 is 0. The lowest BCUT2D eigenvalue weighted by Crippen LogP contribution is -2.28. The van der Waals surface area contributed by atoms with E-state index in [1.54, 1.807) is 0 Å². The number of likely N-dealkylation sites (tertiary alicyclic amines) is 1. The lowest BCUT2D eigenvalue weighted by molar-refractivity contribution is 0.309. The lowest BCUT2D eigenvalue weighted by Gasteiger charge is -2.31. The average molecular weight is 203 g/mol. The molecule has 0 radical (unpaired) electrons. The van der Waals surface area contributed by atoms with Crippen LogP contribution >= 0.6 is 0 Å². The number of benzene rings is 1. The Morgan fingerprint density at radius 3 is 3.07 bits per heavy atom. The Balaban J connectivity index is 2.16. The molecule has 1 aliphatic heterocycles. The van der Waals surface area contributed by atoms with Gasteiger partial charge in [0.15, 0.2) is 0 Å². The fourth-order valence-electron chi connectivity index (χ4n) is 3.40. The quantitative estimate of drug-likeness (QED) is 0.696. The molecule has 1 fully saturated rings. The first kappa shape index (κ1) is 9.22. The van der Waals surface area contributed by atoms with E-state index in [9.17, 15) is 5.11 Å². The minimum absolute atomic E-state index is 0.256. The molecule has 0 amide bonds. The van der Waals surface area contributed by atoms with Crippen molar-refractivity contribution in [3.63, 3.8) is 0 Å². The third-order valence-corrected chi connectivity index (χ3v) is 4.11. The first-order valence-corrected chi connectivity index (χ1v) is 5.61. The minimum Gasteiger partial charge on any atom is -0.508 e. The summed E-state index contributed by atoms with van der Waals surface area (Å²) in [7, 11) is 2.21. The molecule has 2 aliphatic rings. The van der Waals surface area contributed by atoms with Gasteiger partial charge in [-0.15, -0.1) is 0 Å². The van der Waals surface area contributed by atoms with Gasteiger partial charge < -0.3 is 10.0 Å². The maximum absolute atomic E-state index is 9.58. The maximum Gasteiger partial charge on any atom is 0.115 e. The highest BCUT2D eigenvalue weighted by molar-refractivity contribution is 5.44. The summed E-state index contributed by atoms with van der Waals surface area (Å²) in [5.74, 6) is 0.406. The SMILES string of the molecule is CN1C[C@@]2(C)CC1Cc1ccc(O)cc12. The number of phenolic OH excluding ortho intramolecular Hbond substituents is 1. The Kier molecular flexibility index (Phi) is 1.70. The van der Waals surface area contributed by atoms with Crippen LogP contribution in [0.25, 0.3) is 0 Å². The predicted molar refractivity (Wildman–Crippen MR) is 60.2 cm³/mol. The van der Waals surface area contributed by atoms with Crippen molar-refractivity contribution in [1.82, 2.24) is 4.90 Å². The molecule has 1 N–H and O–H groups in total. The van der Waals surface area contributed by atoms with Crippen LogP contribution in [0.4, 0.5) is 0 Å². The third-order valence-electron chi connectivity index (χ3n) is 4.11. The van der Waals surface area contributed by atoms with Crippen molar-refractivity contribution >= 4 is 0 Å². The summed E-state index contributed by atoms with van der Waals surface area (Å²) in [4.78, 5) is 2.46. The van der Waals surface area contributed by atoms with Gasteiger partial charge in [-0.3, -0.25) is 0 Å². The first-order chi connectivity index (χ1) is 7.08. The highest BCUT2D eigenvalue weighted by atomic mass is 16.3. The van der Waals surface area contributed by atoms with Gasteiger partial charge >= 0.3 is 0 Å². The molecule has 2 nitrogen and oxygen atoms in total. The number of phenols is 1. The van der Waals surface area contributed by atoms with Crippen molar-refractivity contribution in [3.8, 4) is 5.75 Å². The van der Waals surface area contributed by atoms with Crippen LogP contribution in [0.15, 0.2) is 18.2 Å². The summed E-state index contributed by atoms with van der Waals surface area (Å²) in [5.41, 5.74) is 3.05. The Bertz CT molecular complexity index is 411. The fraction of sp³-hybridized carbons (Fsp3) is 0.538. The summed E-state index contributed by atoms with van der Waals surface area (Å²) in [6, 6.07) is 6.57. The molecular formula is C13H17NO. The van der Waals surface area contributed by atoms with Crippen LogP contribution in [0, 0.1) is 0 Å². The van der Waals surface area contributed by atoms with Gasteiger partial charge in [0.25, 0.3) is 0 Å². The van der Waals surface area contributed by atoms with Crippen molar-refractivity contribution in [1.29, 1.82) is 0 Å². The molecule has 1 unspecified atom stereocenters. The van der Waals surface area contributed by atoms with Gasteiger partial charge in [-0.2, -0.15) is 0 Å². The van der Waals surface area contributed by atoms with Crippen LogP contribution in [-0.2, 0) is 11.8 Å². The molecule has 1 aromatic carbocycles. The zero-order valence-corrected chi connectivity index (χ0v) is 9.33. The number of hydrogen-bond donors (Lipinski definition) is 1. The normalized spacial score (nSPS) is 34.1. The molecule has 1 aromatic rings. The fourth-order valence-corrected chi connectivity index (χ4v) is 3.40. The summed E-state index contributed by atoms with van der Waals surface area (Å²) < 4.78 is 0. The number of likely N-dealkylation sites (N-methyl/N-ethyl adjacent to an activating group) is 1. The number of rotatable bonds is 0. The van der Waals surface area contributed by atoms with Gasteiger partial charge in [-0.1, -0.05) is 13.0 Å². The van der Waals surface area contributed by atoms with E-state index in [0.717, 1.165) is 13.0 Å². The monoisotopic (exact) mass is 203 g/mol. The van der Waals surface area contributed by atoms with Gasteiger partial charge in [0.1, 0.15) is 5.75 Å². The van der Waals surface area contributed by atoms with Crippen molar-refractivity contribution in [3.05, 3.63) is 29.3 Å². The van der Waals surface area contributed by atoms with Crippen LogP contribution in [0.3, 0.4) is 0 Å². The number of aromatic hydroxyl groups is 1. The van der Waals surface area contributed by atoms with E-state index in [1.807, 2.05) is 12.1 Å². The van der Waals surface area contributed by atoms with E-state index < -0.39 is 0 Å². The standard InChI is InChI=1S/C13H17NO/c1-13-7-10(14(2)8-13)5-9-3-4-11(15)6-12(9)13/h3-4,6,10,15H,5,7-8H2,1-2H3/t10?,13-/m1/s1. The van der Waals surface area contributed by atoms with Gasteiger partial charge in [-0.05, 0) is 43.1 Å². The Morgan fingerprint density at radius 1 is 1.47 bits per heavy atom. The van der Waals surface area contributed by atoms with E-state index >= 15 is 0 Å². The molecule has 0 spiro atoms. The average Bonchev–Trinajstić information content (AvgIpc) is 2.41. The molecule has 3 rings (SSSR count). The van der Waals surface area contributed by atoms with Crippen LogP contribution in [0.1, 0.15) is 24.5 Å². The van der Waals surface area contributed by atoms with E-state index in [-0.39, 0.29) is 5.41 Å². The van der Waals surface area contributed by atoms with Crippen molar-refractivity contribution in [2.45, 2.75) is 31.2 Å². The number of hydrogen-bond acceptors (Lipinski definition) is 2. The minimum atomic E-state index is 0.256. The topological polar surface area (TPSA) is 23.5 Å². The van der Waals surface area contributed by atoms with Crippen LogP contribution < -0.4 is 0 Å². The van der Waals surface area contributed by atoms with Crippen molar-refractivity contribution in [2.24, 2.45) is 0 Å². The van der Waals surface area contributed by atoms with Crippen LogP contribution in [-0.4, -0.2) is 29.6 Å². The first-order valence-electron chi connectivity index (χ1n) is 5.61. The summed E-state index contributed by atoms with van der Waals surface area (Å²) in [6.07, 6.45) is 2.38. The Hall–Kier alpha value is -1.02. The molecule has 2 bridgehead atoms. The van der Waals surface area contributed by atoms with E-state index in [1.165, 1.54) is 17.5 Å². The highest BCUT2D eigenvalue weighted by Crippen LogP contribution is 2.45.